The van der Waals surface area contributed by atoms with Crippen LogP contribution in [0.2, 0.25) is 0 Å². The van der Waals surface area contributed by atoms with Crippen LogP contribution in [0.5, 0.6) is 0 Å². The molecule has 2 amide bonds. The zero-order valence-corrected chi connectivity index (χ0v) is 11.8. The molecule has 0 aliphatic carbocycles. The van der Waals surface area contributed by atoms with Crippen molar-refractivity contribution in [1.29, 1.82) is 0 Å². The van der Waals surface area contributed by atoms with Crippen LogP contribution in [0.3, 0.4) is 0 Å². The van der Waals surface area contributed by atoms with Crippen molar-refractivity contribution in [3.63, 3.8) is 0 Å². The SMILES string of the molecule is CC1=CCCN(C(=O)NCCC(C)CCC(=O)O)C1. The van der Waals surface area contributed by atoms with Crippen LogP contribution in [-0.2, 0) is 4.79 Å². The highest BCUT2D eigenvalue weighted by Crippen LogP contribution is 2.10. The first-order valence-corrected chi connectivity index (χ1v) is 6.89. The largest absolute Gasteiger partial charge is 0.481 e. The third-order valence-corrected chi connectivity index (χ3v) is 3.38. The molecule has 0 spiro atoms. The Bertz CT molecular complexity index is 353. The average molecular weight is 268 g/mol. The van der Waals surface area contributed by atoms with Gasteiger partial charge in [0.25, 0.3) is 0 Å². The first-order chi connectivity index (χ1) is 8.99. The van der Waals surface area contributed by atoms with Crippen LogP contribution in [0.4, 0.5) is 4.79 Å². The summed E-state index contributed by atoms with van der Waals surface area (Å²) in [6.45, 7) is 6.15. The first kappa shape index (κ1) is 15.5. The van der Waals surface area contributed by atoms with E-state index in [4.69, 9.17) is 5.11 Å². The molecule has 0 aromatic heterocycles. The van der Waals surface area contributed by atoms with E-state index in [1.54, 1.807) is 0 Å². The van der Waals surface area contributed by atoms with E-state index in [0.29, 0.717) is 25.4 Å². The molecular weight excluding hydrogens is 244 g/mol. The van der Waals surface area contributed by atoms with Gasteiger partial charge in [-0.15, -0.1) is 0 Å². The van der Waals surface area contributed by atoms with Gasteiger partial charge in [-0.2, -0.15) is 0 Å². The molecule has 1 aliphatic rings. The average Bonchev–Trinajstić information content (AvgIpc) is 2.36. The van der Waals surface area contributed by atoms with E-state index < -0.39 is 5.97 Å². The summed E-state index contributed by atoms with van der Waals surface area (Å²) >= 11 is 0. The van der Waals surface area contributed by atoms with Crippen molar-refractivity contribution in [2.24, 2.45) is 5.92 Å². The maximum atomic E-state index is 11.9. The van der Waals surface area contributed by atoms with Gasteiger partial charge in [-0.1, -0.05) is 18.6 Å². The van der Waals surface area contributed by atoms with E-state index in [9.17, 15) is 9.59 Å². The molecule has 5 heteroatoms. The Kier molecular flexibility index (Phi) is 6.39. The van der Waals surface area contributed by atoms with E-state index in [-0.39, 0.29) is 12.5 Å². The van der Waals surface area contributed by atoms with Gasteiger partial charge in [0.15, 0.2) is 0 Å². The van der Waals surface area contributed by atoms with Gasteiger partial charge >= 0.3 is 12.0 Å². The van der Waals surface area contributed by atoms with Crippen molar-refractivity contribution < 1.29 is 14.7 Å². The van der Waals surface area contributed by atoms with Crippen molar-refractivity contribution in [3.05, 3.63) is 11.6 Å². The molecule has 0 saturated heterocycles. The number of carbonyl (C=O) groups excluding carboxylic acids is 1. The predicted molar refractivity (Wildman–Crippen MR) is 74.0 cm³/mol. The van der Waals surface area contributed by atoms with E-state index in [1.807, 2.05) is 18.7 Å². The van der Waals surface area contributed by atoms with Gasteiger partial charge in [0.2, 0.25) is 0 Å². The standard InChI is InChI=1S/C14H24N2O3/c1-11(5-6-13(17)18)7-8-15-14(19)16-9-3-4-12(2)10-16/h4,11H,3,5-10H2,1-2H3,(H,15,19)(H,17,18). The number of hydrogen-bond donors (Lipinski definition) is 2. The summed E-state index contributed by atoms with van der Waals surface area (Å²) in [7, 11) is 0. The first-order valence-electron chi connectivity index (χ1n) is 6.89. The summed E-state index contributed by atoms with van der Waals surface area (Å²) in [5.41, 5.74) is 1.23. The number of nitrogens with zero attached hydrogens (tertiary/aromatic N) is 1. The molecular formula is C14H24N2O3. The van der Waals surface area contributed by atoms with Crippen molar-refractivity contribution in [2.75, 3.05) is 19.6 Å². The second-order valence-electron chi connectivity index (χ2n) is 5.32. The molecule has 5 nitrogen and oxygen atoms in total. The molecule has 1 atom stereocenters. The summed E-state index contributed by atoms with van der Waals surface area (Å²) in [5, 5.41) is 11.5. The lowest BCUT2D eigenvalue weighted by Crippen LogP contribution is -2.43. The lowest BCUT2D eigenvalue weighted by atomic mass is 10.0. The Morgan fingerprint density at radius 1 is 1.47 bits per heavy atom. The van der Waals surface area contributed by atoms with Gasteiger partial charge in [-0.25, -0.2) is 4.79 Å². The van der Waals surface area contributed by atoms with Crippen LogP contribution in [0.15, 0.2) is 11.6 Å². The summed E-state index contributed by atoms with van der Waals surface area (Å²) in [6.07, 6.45) is 4.77. The lowest BCUT2D eigenvalue weighted by molar-refractivity contribution is -0.137. The fraction of sp³-hybridized carbons (Fsp3) is 0.714. The smallest absolute Gasteiger partial charge is 0.317 e. The number of aliphatic carboxylic acids is 1. The Morgan fingerprint density at radius 2 is 2.21 bits per heavy atom. The molecule has 19 heavy (non-hydrogen) atoms. The summed E-state index contributed by atoms with van der Waals surface area (Å²) in [5.74, 6) is -0.439. The van der Waals surface area contributed by atoms with Crippen molar-refractivity contribution in [3.8, 4) is 0 Å². The van der Waals surface area contributed by atoms with Gasteiger partial charge < -0.3 is 15.3 Å². The van der Waals surface area contributed by atoms with Gasteiger partial charge in [0.05, 0.1) is 0 Å². The quantitative estimate of drug-likeness (QED) is 0.726. The van der Waals surface area contributed by atoms with E-state index >= 15 is 0 Å². The normalized spacial score (nSPS) is 16.7. The van der Waals surface area contributed by atoms with Crippen LogP contribution < -0.4 is 5.32 Å². The van der Waals surface area contributed by atoms with Crippen molar-refractivity contribution >= 4 is 12.0 Å². The number of nitrogens with one attached hydrogen (secondary N) is 1. The highest BCUT2D eigenvalue weighted by molar-refractivity contribution is 5.74. The van der Waals surface area contributed by atoms with E-state index in [2.05, 4.69) is 11.4 Å². The number of hydrogen-bond acceptors (Lipinski definition) is 2. The topological polar surface area (TPSA) is 69.6 Å². The summed E-state index contributed by atoms with van der Waals surface area (Å²) in [6, 6.07) is -0.0158. The molecule has 108 valence electrons. The molecule has 0 aromatic carbocycles. The fourth-order valence-electron chi connectivity index (χ4n) is 2.14. The second-order valence-corrected chi connectivity index (χ2v) is 5.32. The molecule has 1 rings (SSSR count). The third kappa shape index (κ3) is 6.27. The molecule has 2 N–H and O–H groups in total. The van der Waals surface area contributed by atoms with E-state index in [0.717, 1.165) is 19.4 Å². The third-order valence-electron chi connectivity index (χ3n) is 3.38. The molecule has 0 aromatic rings. The number of carboxylic acids is 1. The zero-order chi connectivity index (χ0) is 14.3. The van der Waals surface area contributed by atoms with Crippen LogP contribution in [0.1, 0.15) is 39.5 Å². The van der Waals surface area contributed by atoms with Crippen LogP contribution >= 0.6 is 0 Å². The van der Waals surface area contributed by atoms with Crippen LogP contribution in [-0.4, -0.2) is 41.6 Å². The van der Waals surface area contributed by atoms with Gasteiger partial charge in [0, 0.05) is 26.1 Å². The highest BCUT2D eigenvalue weighted by atomic mass is 16.4. The van der Waals surface area contributed by atoms with Gasteiger partial charge in [-0.05, 0) is 32.1 Å². The fourth-order valence-corrected chi connectivity index (χ4v) is 2.14. The minimum atomic E-state index is -0.758. The Balaban J connectivity index is 2.16. The monoisotopic (exact) mass is 268 g/mol. The maximum absolute atomic E-state index is 11.9. The minimum absolute atomic E-state index is 0.0158. The lowest BCUT2D eigenvalue weighted by Gasteiger charge is -2.26. The number of amides is 2. The highest BCUT2D eigenvalue weighted by Gasteiger charge is 2.15. The number of rotatable bonds is 6. The molecule has 0 saturated carbocycles. The number of carbonyl (C=O) groups is 2. The summed E-state index contributed by atoms with van der Waals surface area (Å²) in [4.78, 5) is 24.1. The maximum Gasteiger partial charge on any atom is 0.317 e. The molecule has 1 heterocycles. The molecule has 1 aliphatic heterocycles. The Labute approximate surface area is 114 Å². The number of urea groups is 1. The minimum Gasteiger partial charge on any atom is -0.481 e. The number of carboxylic acid groups (broad SMARTS) is 1. The predicted octanol–water partition coefficient (Wildman–Crippen LogP) is 2.24. The van der Waals surface area contributed by atoms with Crippen molar-refractivity contribution in [2.45, 2.75) is 39.5 Å². The Morgan fingerprint density at radius 3 is 2.84 bits per heavy atom. The van der Waals surface area contributed by atoms with Crippen LogP contribution in [0.25, 0.3) is 0 Å². The van der Waals surface area contributed by atoms with Crippen LogP contribution in [0, 0.1) is 5.92 Å². The Hall–Kier alpha value is -1.52. The van der Waals surface area contributed by atoms with E-state index in [1.165, 1.54) is 5.57 Å². The van der Waals surface area contributed by atoms with Gasteiger partial charge in [-0.3, -0.25) is 4.79 Å². The molecule has 0 bridgehead atoms. The molecule has 0 radical (unpaired) electrons. The van der Waals surface area contributed by atoms with Gasteiger partial charge in [0.1, 0.15) is 0 Å². The van der Waals surface area contributed by atoms with Crippen molar-refractivity contribution in [1.82, 2.24) is 10.2 Å². The molecule has 1 unspecified atom stereocenters. The second kappa shape index (κ2) is 7.81. The zero-order valence-electron chi connectivity index (χ0n) is 11.8. The molecule has 0 fully saturated rings. The summed E-state index contributed by atoms with van der Waals surface area (Å²) < 4.78 is 0.